The monoisotopic (exact) mass is 332 g/mol. The van der Waals surface area contributed by atoms with Crippen LogP contribution in [0, 0.1) is 0 Å². The summed E-state index contributed by atoms with van der Waals surface area (Å²) < 4.78 is 0. The Morgan fingerprint density at radius 2 is 1.79 bits per heavy atom. The second-order valence-electron chi connectivity index (χ2n) is 6.12. The summed E-state index contributed by atoms with van der Waals surface area (Å²) >= 11 is 0. The van der Waals surface area contributed by atoms with Crippen LogP contribution in [-0.4, -0.2) is 95.9 Å². The van der Waals surface area contributed by atoms with Crippen molar-refractivity contribution in [1.29, 1.82) is 0 Å². The minimum atomic E-state index is -0.0269. The number of piperazine rings is 2. The van der Waals surface area contributed by atoms with Gasteiger partial charge < -0.3 is 19.6 Å². The number of hydrogen-bond donors (Lipinski definition) is 0. The van der Waals surface area contributed by atoms with Gasteiger partial charge in [0.25, 0.3) is 5.91 Å². The Kier molecular flexibility index (Phi) is 5.24. The van der Waals surface area contributed by atoms with Gasteiger partial charge in [-0.3, -0.25) is 9.59 Å². The van der Waals surface area contributed by atoms with Crippen molar-refractivity contribution < 1.29 is 9.59 Å². The van der Waals surface area contributed by atoms with E-state index in [9.17, 15) is 9.59 Å². The molecule has 0 saturated carbocycles. The highest BCUT2D eigenvalue weighted by Crippen LogP contribution is 2.15. The Labute approximate surface area is 142 Å². The third-order valence-electron chi connectivity index (χ3n) is 4.77. The van der Waals surface area contributed by atoms with Gasteiger partial charge >= 0.3 is 0 Å². The summed E-state index contributed by atoms with van der Waals surface area (Å²) in [7, 11) is 0. The van der Waals surface area contributed by atoms with Crippen LogP contribution in [0.2, 0.25) is 0 Å². The first-order chi connectivity index (χ1) is 11.7. The molecular weight excluding hydrogens is 308 g/mol. The molecular formula is C16H24N6O2. The molecule has 3 rings (SSSR count). The fraction of sp³-hybridized carbons (Fsp3) is 0.625. The second kappa shape index (κ2) is 7.57. The maximum Gasteiger partial charge on any atom is 0.272 e. The molecule has 0 N–H and O–H groups in total. The first kappa shape index (κ1) is 16.6. The molecule has 1 aromatic heterocycles. The molecule has 2 saturated heterocycles. The molecule has 3 heterocycles. The van der Waals surface area contributed by atoms with Crippen LogP contribution in [0.25, 0.3) is 0 Å². The lowest BCUT2D eigenvalue weighted by Gasteiger charge is -2.34. The van der Waals surface area contributed by atoms with E-state index in [2.05, 4.69) is 26.7 Å². The Morgan fingerprint density at radius 3 is 2.42 bits per heavy atom. The molecule has 0 atom stereocenters. The second-order valence-corrected chi connectivity index (χ2v) is 6.12. The number of amides is 2. The van der Waals surface area contributed by atoms with Gasteiger partial charge in [0.2, 0.25) is 6.41 Å². The number of carbonyl (C=O) groups excluding carboxylic acids is 2. The van der Waals surface area contributed by atoms with Gasteiger partial charge in [-0.25, -0.2) is 9.97 Å². The summed E-state index contributed by atoms with van der Waals surface area (Å²) in [6.07, 6.45) is 2.33. The van der Waals surface area contributed by atoms with E-state index < -0.39 is 0 Å². The van der Waals surface area contributed by atoms with E-state index in [1.807, 2.05) is 4.90 Å². The summed E-state index contributed by atoms with van der Waals surface area (Å²) in [5.74, 6) is 0.729. The van der Waals surface area contributed by atoms with Crippen molar-refractivity contribution in [1.82, 2.24) is 24.7 Å². The quantitative estimate of drug-likeness (QED) is 0.694. The van der Waals surface area contributed by atoms with Gasteiger partial charge in [-0.2, -0.15) is 0 Å². The fourth-order valence-electron chi connectivity index (χ4n) is 3.12. The van der Waals surface area contributed by atoms with Crippen molar-refractivity contribution in [2.45, 2.75) is 6.92 Å². The zero-order valence-electron chi connectivity index (χ0n) is 14.1. The highest BCUT2D eigenvalue weighted by molar-refractivity contribution is 5.93. The number of hydrogen-bond acceptors (Lipinski definition) is 6. The first-order valence-corrected chi connectivity index (χ1v) is 8.49. The van der Waals surface area contributed by atoms with Gasteiger partial charge in [0.15, 0.2) is 0 Å². The van der Waals surface area contributed by atoms with E-state index in [1.54, 1.807) is 11.0 Å². The summed E-state index contributed by atoms with van der Waals surface area (Å²) in [5, 5.41) is 0. The van der Waals surface area contributed by atoms with Crippen molar-refractivity contribution >= 4 is 18.1 Å². The summed E-state index contributed by atoms with van der Waals surface area (Å²) in [6.45, 7) is 9.25. The first-order valence-electron chi connectivity index (χ1n) is 8.49. The van der Waals surface area contributed by atoms with Crippen LogP contribution in [0.4, 0.5) is 5.82 Å². The van der Waals surface area contributed by atoms with Gasteiger partial charge in [-0.05, 0) is 6.54 Å². The number of nitrogens with zero attached hydrogens (tertiary/aromatic N) is 6. The maximum atomic E-state index is 12.7. The van der Waals surface area contributed by atoms with Gasteiger partial charge in [-0.1, -0.05) is 6.92 Å². The largest absolute Gasteiger partial charge is 0.353 e. The van der Waals surface area contributed by atoms with Crippen LogP contribution >= 0.6 is 0 Å². The van der Waals surface area contributed by atoms with Gasteiger partial charge in [0, 0.05) is 58.4 Å². The van der Waals surface area contributed by atoms with E-state index in [-0.39, 0.29) is 5.91 Å². The molecule has 8 heteroatoms. The lowest BCUT2D eigenvalue weighted by atomic mass is 10.2. The minimum absolute atomic E-state index is 0.0269. The Bertz CT molecular complexity index is 580. The SMILES string of the molecule is CCN1CCN(C(=O)c2cc(N3CCN(C=O)CC3)ncn2)CC1. The third kappa shape index (κ3) is 3.64. The van der Waals surface area contributed by atoms with E-state index in [0.29, 0.717) is 18.8 Å². The zero-order valence-corrected chi connectivity index (χ0v) is 14.1. The molecule has 2 aliphatic heterocycles. The standard InChI is InChI=1S/C16H24N6O2/c1-2-19-3-9-22(10-4-19)16(24)14-11-15(18-12-17-14)21-7-5-20(13-23)6-8-21/h11-13H,2-10H2,1H3. The summed E-state index contributed by atoms with van der Waals surface area (Å²) in [5.41, 5.74) is 0.447. The predicted octanol–water partition coefficient (Wildman–Crippen LogP) is -0.467. The third-order valence-corrected chi connectivity index (χ3v) is 4.77. The number of carbonyl (C=O) groups is 2. The smallest absolute Gasteiger partial charge is 0.272 e. The van der Waals surface area contributed by atoms with E-state index in [4.69, 9.17) is 0 Å². The van der Waals surface area contributed by atoms with Crippen molar-refractivity contribution in [3.8, 4) is 0 Å². The minimum Gasteiger partial charge on any atom is -0.353 e. The highest BCUT2D eigenvalue weighted by atomic mass is 16.2. The number of aromatic nitrogens is 2. The highest BCUT2D eigenvalue weighted by Gasteiger charge is 2.24. The molecule has 0 spiro atoms. The fourth-order valence-corrected chi connectivity index (χ4v) is 3.12. The molecule has 0 radical (unpaired) electrons. The van der Waals surface area contributed by atoms with E-state index in [0.717, 1.165) is 58.0 Å². The zero-order chi connectivity index (χ0) is 16.9. The van der Waals surface area contributed by atoms with Crippen LogP contribution in [0.15, 0.2) is 12.4 Å². The Hall–Kier alpha value is -2.22. The molecule has 1 aromatic rings. The number of rotatable bonds is 4. The van der Waals surface area contributed by atoms with Gasteiger partial charge in [0.05, 0.1) is 0 Å². The normalized spacial score (nSPS) is 19.5. The van der Waals surface area contributed by atoms with E-state index >= 15 is 0 Å². The molecule has 8 nitrogen and oxygen atoms in total. The van der Waals surface area contributed by atoms with Crippen molar-refractivity contribution in [3.05, 3.63) is 18.1 Å². The van der Waals surface area contributed by atoms with Gasteiger partial charge in [-0.15, -0.1) is 0 Å². The average molecular weight is 332 g/mol. The molecule has 2 fully saturated rings. The topological polar surface area (TPSA) is 72.9 Å². The van der Waals surface area contributed by atoms with Crippen LogP contribution in [0.5, 0.6) is 0 Å². The molecule has 130 valence electrons. The van der Waals surface area contributed by atoms with Crippen molar-refractivity contribution in [2.24, 2.45) is 0 Å². The van der Waals surface area contributed by atoms with Crippen molar-refractivity contribution in [3.63, 3.8) is 0 Å². The van der Waals surface area contributed by atoms with Crippen LogP contribution in [-0.2, 0) is 4.79 Å². The molecule has 0 aromatic carbocycles. The van der Waals surface area contributed by atoms with Crippen LogP contribution in [0.1, 0.15) is 17.4 Å². The molecule has 0 unspecified atom stereocenters. The van der Waals surface area contributed by atoms with Crippen LogP contribution in [0.3, 0.4) is 0 Å². The molecule has 2 amide bonds. The predicted molar refractivity (Wildman–Crippen MR) is 89.9 cm³/mol. The summed E-state index contributed by atoms with van der Waals surface area (Å²) in [6, 6.07) is 1.77. The lowest BCUT2D eigenvalue weighted by molar-refractivity contribution is -0.118. The Morgan fingerprint density at radius 1 is 1.08 bits per heavy atom. The van der Waals surface area contributed by atoms with Gasteiger partial charge in [0.1, 0.15) is 17.8 Å². The van der Waals surface area contributed by atoms with Crippen molar-refractivity contribution in [2.75, 3.05) is 63.8 Å². The summed E-state index contributed by atoms with van der Waals surface area (Å²) in [4.78, 5) is 40.0. The number of likely N-dealkylation sites (N-methyl/N-ethyl adjacent to an activating group) is 1. The molecule has 0 bridgehead atoms. The molecule has 0 aliphatic carbocycles. The van der Waals surface area contributed by atoms with E-state index in [1.165, 1.54) is 6.33 Å². The maximum absolute atomic E-state index is 12.7. The lowest BCUT2D eigenvalue weighted by Crippen LogP contribution is -2.48. The molecule has 24 heavy (non-hydrogen) atoms. The van der Waals surface area contributed by atoms with Crippen LogP contribution < -0.4 is 4.90 Å². The number of anilines is 1. The average Bonchev–Trinajstić information content (AvgIpc) is 2.67. The Balaban J connectivity index is 1.65. The molecule has 2 aliphatic rings.